The van der Waals surface area contributed by atoms with E-state index < -0.39 is 10.0 Å². The first-order chi connectivity index (χ1) is 11.4. The fourth-order valence-corrected chi connectivity index (χ4v) is 3.51. The summed E-state index contributed by atoms with van der Waals surface area (Å²) in [4.78, 5) is 12.7. The zero-order chi connectivity index (χ0) is 19.0. The van der Waals surface area contributed by atoms with Gasteiger partial charge in [0.1, 0.15) is 0 Å². The molecule has 2 rings (SSSR count). The van der Waals surface area contributed by atoms with Crippen molar-refractivity contribution < 1.29 is 13.2 Å². The molecule has 1 amide bonds. The smallest absolute Gasteiger partial charge is 0.256 e. The number of nitrogens with zero attached hydrogens (tertiary/aromatic N) is 3. The van der Waals surface area contributed by atoms with Crippen LogP contribution in [0, 0.1) is 3.57 Å². The predicted molar refractivity (Wildman–Crippen MR) is 105 cm³/mol. The summed E-state index contributed by atoms with van der Waals surface area (Å²) in [5.74, 6) is -0.381. The van der Waals surface area contributed by atoms with Gasteiger partial charge in [0.2, 0.25) is 10.0 Å². The second kappa shape index (κ2) is 7.04. The second-order valence-corrected chi connectivity index (χ2v) is 10.0. The molecule has 0 saturated heterocycles. The summed E-state index contributed by atoms with van der Waals surface area (Å²) >= 11 is 2.01. The maximum atomic E-state index is 12.6. The molecular formula is C16H21IN4O3S. The number of rotatable bonds is 4. The summed E-state index contributed by atoms with van der Waals surface area (Å²) in [6, 6.07) is 4.50. The lowest BCUT2D eigenvalue weighted by Crippen LogP contribution is -2.23. The Morgan fingerprint density at radius 1 is 1.28 bits per heavy atom. The van der Waals surface area contributed by atoms with E-state index in [1.54, 1.807) is 23.1 Å². The number of hydrogen-bond acceptors (Lipinski definition) is 4. The lowest BCUT2D eigenvalue weighted by atomic mass is 10.1. The Labute approximate surface area is 161 Å². The van der Waals surface area contributed by atoms with Gasteiger partial charge in [-0.15, -0.1) is 0 Å². The molecule has 0 fully saturated rings. The molecule has 0 aliphatic carbocycles. The number of benzene rings is 1. The van der Waals surface area contributed by atoms with Crippen LogP contribution in [0.2, 0.25) is 0 Å². The van der Waals surface area contributed by atoms with Crippen LogP contribution in [0.25, 0.3) is 0 Å². The van der Waals surface area contributed by atoms with Gasteiger partial charge in [0, 0.05) is 23.9 Å². The zero-order valence-corrected chi connectivity index (χ0v) is 17.7. The average Bonchev–Trinajstić information content (AvgIpc) is 2.95. The highest BCUT2D eigenvalue weighted by molar-refractivity contribution is 14.1. The van der Waals surface area contributed by atoms with E-state index in [9.17, 15) is 13.2 Å². The highest BCUT2D eigenvalue weighted by Gasteiger charge is 2.21. The van der Waals surface area contributed by atoms with Crippen LogP contribution in [-0.2, 0) is 15.6 Å². The lowest BCUT2D eigenvalue weighted by molar-refractivity contribution is 0.102. The molecule has 136 valence electrons. The van der Waals surface area contributed by atoms with E-state index in [2.05, 4.69) is 10.4 Å². The van der Waals surface area contributed by atoms with Crippen LogP contribution in [0.4, 0.5) is 5.69 Å². The number of halogens is 1. The van der Waals surface area contributed by atoms with Gasteiger partial charge in [0.05, 0.1) is 27.9 Å². The fourth-order valence-electron chi connectivity index (χ4n) is 2.00. The van der Waals surface area contributed by atoms with Crippen LogP contribution >= 0.6 is 22.6 Å². The molecule has 1 heterocycles. The predicted octanol–water partition coefficient (Wildman–Crippen LogP) is 2.75. The lowest BCUT2D eigenvalue weighted by Gasteiger charge is -2.18. The molecule has 2 aromatic rings. The first-order valence-electron chi connectivity index (χ1n) is 7.51. The van der Waals surface area contributed by atoms with E-state index in [1.165, 1.54) is 26.2 Å². The minimum Gasteiger partial charge on any atom is -0.319 e. The van der Waals surface area contributed by atoms with Gasteiger partial charge in [-0.25, -0.2) is 12.7 Å². The van der Waals surface area contributed by atoms with Crippen LogP contribution in [-0.4, -0.2) is 42.5 Å². The van der Waals surface area contributed by atoms with Crippen molar-refractivity contribution in [3.63, 3.8) is 0 Å². The van der Waals surface area contributed by atoms with Crippen molar-refractivity contribution in [2.45, 2.75) is 31.2 Å². The summed E-state index contributed by atoms with van der Waals surface area (Å²) in [6.07, 6.45) is 3.31. The third-order valence-corrected chi connectivity index (χ3v) is 6.24. The van der Waals surface area contributed by atoms with Gasteiger partial charge >= 0.3 is 0 Å². The number of hydrogen-bond donors (Lipinski definition) is 1. The van der Waals surface area contributed by atoms with E-state index in [4.69, 9.17) is 0 Å². The van der Waals surface area contributed by atoms with Crippen molar-refractivity contribution in [2.75, 3.05) is 19.4 Å². The van der Waals surface area contributed by atoms with Crippen molar-refractivity contribution in [3.8, 4) is 0 Å². The Hall–Kier alpha value is -1.46. The minimum absolute atomic E-state index is 0.0773. The molecule has 0 spiro atoms. The molecule has 25 heavy (non-hydrogen) atoms. The zero-order valence-electron chi connectivity index (χ0n) is 14.7. The molecule has 7 nitrogen and oxygen atoms in total. The van der Waals surface area contributed by atoms with Crippen LogP contribution in [0.15, 0.2) is 35.5 Å². The highest BCUT2D eigenvalue weighted by Crippen LogP contribution is 2.22. The second-order valence-electron chi connectivity index (χ2n) is 6.73. The summed E-state index contributed by atoms with van der Waals surface area (Å²) in [5.41, 5.74) is 0.653. The number of carbonyl (C=O) groups is 1. The van der Waals surface area contributed by atoms with Gasteiger partial charge in [-0.1, -0.05) is 0 Å². The number of sulfonamides is 1. The van der Waals surface area contributed by atoms with E-state index in [-0.39, 0.29) is 16.3 Å². The van der Waals surface area contributed by atoms with Crippen LogP contribution in [0.3, 0.4) is 0 Å². The van der Waals surface area contributed by atoms with Gasteiger partial charge in [0.15, 0.2) is 0 Å². The Bertz CT molecular complexity index is 898. The van der Waals surface area contributed by atoms with Crippen molar-refractivity contribution in [3.05, 3.63) is 39.7 Å². The molecule has 1 aromatic heterocycles. The number of carbonyl (C=O) groups excluding carboxylic acids is 1. The summed E-state index contributed by atoms with van der Waals surface area (Å²) < 4.78 is 28.1. The van der Waals surface area contributed by atoms with Crippen molar-refractivity contribution >= 4 is 44.2 Å². The monoisotopic (exact) mass is 476 g/mol. The molecule has 0 saturated carbocycles. The summed E-state index contributed by atoms with van der Waals surface area (Å²) in [5, 5.41) is 7.00. The molecule has 0 aliphatic heterocycles. The molecular weight excluding hydrogens is 455 g/mol. The fraction of sp³-hybridized carbons (Fsp3) is 0.375. The molecule has 0 bridgehead atoms. The maximum Gasteiger partial charge on any atom is 0.256 e. The van der Waals surface area contributed by atoms with E-state index in [0.717, 1.165) is 4.31 Å². The first-order valence-corrected chi connectivity index (χ1v) is 10.0. The normalized spacial score (nSPS) is 12.4. The number of nitrogens with one attached hydrogen (secondary N) is 1. The highest BCUT2D eigenvalue weighted by atomic mass is 127. The van der Waals surface area contributed by atoms with Crippen molar-refractivity contribution in [2.24, 2.45) is 0 Å². The van der Waals surface area contributed by atoms with Crippen LogP contribution in [0.5, 0.6) is 0 Å². The van der Waals surface area contributed by atoms with Gasteiger partial charge in [-0.05, 0) is 61.6 Å². The van der Waals surface area contributed by atoms with Crippen LogP contribution in [0.1, 0.15) is 31.1 Å². The van der Waals surface area contributed by atoms with Crippen LogP contribution < -0.4 is 5.32 Å². The number of anilines is 1. The average molecular weight is 476 g/mol. The van der Waals surface area contributed by atoms with Crippen molar-refractivity contribution in [1.82, 2.24) is 14.1 Å². The minimum atomic E-state index is -3.60. The molecule has 0 radical (unpaired) electrons. The molecule has 9 heteroatoms. The Kier molecular flexibility index (Phi) is 5.59. The van der Waals surface area contributed by atoms with Crippen molar-refractivity contribution in [1.29, 1.82) is 0 Å². The SMILES string of the molecule is CN(C)S(=O)(=O)c1ccc(I)c(C(=O)Nc2cnn(C(C)(C)C)c2)c1. The van der Waals surface area contributed by atoms with E-state index >= 15 is 0 Å². The molecule has 1 aromatic carbocycles. The third kappa shape index (κ3) is 4.39. The summed E-state index contributed by atoms with van der Waals surface area (Å²) in [6.45, 7) is 6.01. The Morgan fingerprint density at radius 3 is 2.44 bits per heavy atom. The molecule has 1 N–H and O–H groups in total. The molecule has 0 aliphatic rings. The maximum absolute atomic E-state index is 12.6. The first kappa shape index (κ1) is 19.9. The number of amides is 1. The van der Waals surface area contributed by atoms with Gasteiger partial charge < -0.3 is 5.32 Å². The Balaban J connectivity index is 2.32. The standard InChI is InChI=1S/C16H21IN4O3S/c1-16(2,3)21-10-11(9-18-21)19-15(22)13-8-12(6-7-14(13)17)25(23,24)20(4)5/h6-10H,1-5H3,(H,19,22). The van der Waals surface area contributed by atoms with E-state index in [1.807, 2.05) is 43.4 Å². The van der Waals surface area contributed by atoms with E-state index in [0.29, 0.717) is 14.8 Å². The Morgan fingerprint density at radius 2 is 1.92 bits per heavy atom. The summed E-state index contributed by atoms with van der Waals surface area (Å²) in [7, 11) is -0.700. The van der Waals surface area contributed by atoms with Gasteiger partial charge in [-0.2, -0.15) is 5.10 Å². The quantitative estimate of drug-likeness (QED) is 0.688. The third-order valence-electron chi connectivity index (χ3n) is 3.49. The topological polar surface area (TPSA) is 84.3 Å². The van der Waals surface area contributed by atoms with Gasteiger partial charge in [-0.3, -0.25) is 9.48 Å². The molecule has 0 atom stereocenters. The molecule has 0 unspecified atom stereocenters. The largest absolute Gasteiger partial charge is 0.319 e. The number of aromatic nitrogens is 2. The van der Waals surface area contributed by atoms with Gasteiger partial charge in [0.25, 0.3) is 5.91 Å².